The molecule has 12 heteroatoms. The predicted octanol–water partition coefficient (Wildman–Crippen LogP) is -1.71. The summed E-state index contributed by atoms with van der Waals surface area (Å²) in [7, 11) is 0. The highest BCUT2D eigenvalue weighted by Gasteiger charge is 2.46. The van der Waals surface area contributed by atoms with Crippen molar-refractivity contribution in [3.8, 4) is 5.75 Å². The summed E-state index contributed by atoms with van der Waals surface area (Å²) >= 11 is 0. The summed E-state index contributed by atoms with van der Waals surface area (Å²) in [4.78, 5) is 34.5. The SMILES string of the molecule is Cc1occc(=O)c1O[C@@H]1O[C@H](COC(=O)C[C@](C)(O)CC(=O)O)[C@@H](O)[C@H](O)[C@@H]1O. The van der Waals surface area contributed by atoms with Crippen LogP contribution in [0.1, 0.15) is 25.5 Å². The van der Waals surface area contributed by atoms with E-state index in [1.165, 1.54) is 6.92 Å². The summed E-state index contributed by atoms with van der Waals surface area (Å²) in [5.74, 6) is -2.47. The summed E-state index contributed by atoms with van der Waals surface area (Å²) in [6.07, 6.45) is -8.28. The van der Waals surface area contributed by atoms with Crippen LogP contribution in [0.3, 0.4) is 0 Å². The number of carboxylic acids is 1. The van der Waals surface area contributed by atoms with Crippen molar-refractivity contribution in [1.29, 1.82) is 0 Å². The number of aliphatic carboxylic acids is 1. The van der Waals surface area contributed by atoms with E-state index in [2.05, 4.69) is 0 Å². The molecule has 0 unspecified atom stereocenters. The maximum absolute atomic E-state index is 11.9. The van der Waals surface area contributed by atoms with Gasteiger partial charge in [-0.2, -0.15) is 0 Å². The highest BCUT2D eigenvalue weighted by atomic mass is 16.7. The van der Waals surface area contributed by atoms with E-state index in [0.717, 1.165) is 19.3 Å². The van der Waals surface area contributed by atoms with Crippen LogP contribution in [0.15, 0.2) is 21.5 Å². The largest absolute Gasteiger partial charge is 0.481 e. The molecule has 0 bridgehead atoms. The summed E-state index contributed by atoms with van der Waals surface area (Å²) in [5.41, 5.74) is -2.42. The standard InChI is InChI=1S/C18H24O12/c1-8-16(9(19)3-4-27-8)30-17-15(25)14(24)13(23)10(29-17)7-28-12(22)6-18(2,26)5-11(20)21/h3-4,10,13-15,17,23-26H,5-7H2,1-2H3,(H,20,21)/t10-,13-,14+,15+,17+,18-/m1/s1. The molecule has 0 amide bonds. The van der Waals surface area contributed by atoms with Crippen molar-refractivity contribution in [3.63, 3.8) is 0 Å². The molecule has 1 aliphatic rings. The molecule has 2 heterocycles. The molecular formula is C18H24O12. The van der Waals surface area contributed by atoms with E-state index >= 15 is 0 Å². The smallest absolute Gasteiger partial charge is 0.308 e. The van der Waals surface area contributed by atoms with Gasteiger partial charge in [-0.25, -0.2) is 0 Å². The highest BCUT2D eigenvalue weighted by molar-refractivity contribution is 5.73. The lowest BCUT2D eigenvalue weighted by Gasteiger charge is -2.39. The van der Waals surface area contributed by atoms with E-state index in [0.29, 0.717) is 0 Å². The lowest BCUT2D eigenvalue weighted by atomic mass is 9.98. The average molecular weight is 432 g/mol. The average Bonchev–Trinajstić information content (AvgIpc) is 2.62. The van der Waals surface area contributed by atoms with Gasteiger partial charge in [0.1, 0.15) is 36.8 Å². The first-order valence-corrected chi connectivity index (χ1v) is 8.96. The third-order valence-electron chi connectivity index (χ3n) is 4.38. The molecule has 0 aliphatic carbocycles. The number of aliphatic hydroxyl groups excluding tert-OH is 3. The van der Waals surface area contributed by atoms with E-state index in [1.54, 1.807) is 0 Å². The van der Waals surface area contributed by atoms with Crippen molar-refractivity contribution in [2.24, 2.45) is 0 Å². The molecule has 6 atom stereocenters. The Kier molecular flexibility index (Phi) is 7.55. The Bertz CT molecular complexity index is 816. The quantitative estimate of drug-likeness (QED) is 0.293. The zero-order valence-corrected chi connectivity index (χ0v) is 16.3. The monoisotopic (exact) mass is 432 g/mol. The van der Waals surface area contributed by atoms with Crippen LogP contribution in [0.5, 0.6) is 5.75 Å². The van der Waals surface area contributed by atoms with Crippen LogP contribution in [-0.4, -0.2) is 80.4 Å². The Labute approximate surface area is 170 Å². The number of esters is 1. The van der Waals surface area contributed by atoms with Crippen molar-refractivity contribution < 1.29 is 53.7 Å². The van der Waals surface area contributed by atoms with Gasteiger partial charge in [-0.05, 0) is 13.8 Å². The molecule has 0 spiro atoms. The molecule has 12 nitrogen and oxygen atoms in total. The molecule has 1 aliphatic heterocycles. The number of carboxylic acid groups (broad SMARTS) is 1. The van der Waals surface area contributed by atoms with Gasteiger partial charge in [0.2, 0.25) is 17.5 Å². The van der Waals surface area contributed by atoms with Gasteiger partial charge in [-0.15, -0.1) is 0 Å². The first-order valence-electron chi connectivity index (χ1n) is 8.96. The molecule has 5 N–H and O–H groups in total. The lowest BCUT2D eigenvalue weighted by Crippen LogP contribution is -2.60. The Balaban J connectivity index is 2.03. The second kappa shape index (κ2) is 9.53. The highest BCUT2D eigenvalue weighted by Crippen LogP contribution is 2.25. The van der Waals surface area contributed by atoms with Crippen molar-refractivity contribution in [2.45, 2.75) is 63.0 Å². The molecule has 0 aromatic carbocycles. The number of carbonyl (C=O) groups excluding carboxylic acids is 1. The van der Waals surface area contributed by atoms with Crippen LogP contribution in [-0.2, 0) is 19.1 Å². The molecule has 1 aromatic rings. The van der Waals surface area contributed by atoms with Crippen LogP contribution in [0.25, 0.3) is 0 Å². The topological polar surface area (TPSA) is 193 Å². The molecule has 30 heavy (non-hydrogen) atoms. The van der Waals surface area contributed by atoms with Gasteiger partial charge in [0, 0.05) is 6.07 Å². The third kappa shape index (κ3) is 6.00. The molecular weight excluding hydrogens is 408 g/mol. The van der Waals surface area contributed by atoms with Gasteiger partial charge in [0.25, 0.3) is 0 Å². The summed E-state index contributed by atoms with van der Waals surface area (Å²) in [6, 6.07) is 1.07. The number of carbonyl (C=O) groups is 2. The zero-order chi connectivity index (χ0) is 22.6. The number of rotatable bonds is 8. The van der Waals surface area contributed by atoms with Crippen molar-refractivity contribution in [3.05, 3.63) is 28.3 Å². The Morgan fingerprint density at radius 3 is 2.43 bits per heavy atom. The summed E-state index contributed by atoms with van der Waals surface area (Å²) in [5, 5.41) is 48.8. The number of aryl methyl sites for hydroxylation is 1. The fourth-order valence-electron chi connectivity index (χ4n) is 2.83. The van der Waals surface area contributed by atoms with Crippen LogP contribution in [0.4, 0.5) is 0 Å². The minimum absolute atomic E-state index is 0.0857. The Morgan fingerprint density at radius 2 is 1.83 bits per heavy atom. The molecule has 0 saturated carbocycles. The van der Waals surface area contributed by atoms with Crippen LogP contribution < -0.4 is 10.2 Å². The summed E-state index contributed by atoms with van der Waals surface area (Å²) < 4.78 is 20.6. The summed E-state index contributed by atoms with van der Waals surface area (Å²) in [6.45, 7) is 1.97. The number of hydrogen-bond acceptors (Lipinski definition) is 11. The predicted molar refractivity (Wildman–Crippen MR) is 95.5 cm³/mol. The molecule has 0 radical (unpaired) electrons. The number of hydrogen-bond donors (Lipinski definition) is 5. The van der Waals surface area contributed by atoms with Crippen LogP contribution in [0.2, 0.25) is 0 Å². The number of aliphatic hydroxyl groups is 4. The molecule has 1 saturated heterocycles. The zero-order valence-electron chi connectivity index (χ0n) is 16.3. The normalized spacial score (nSPS) is 28.4. The van der Waals surface area contributed by atoms with Gasteiger partial charge in [0.05, 0.1) is 24.7 Å². The van der Waals surface area contributed by atoms with Gasteiger partial charge < -0.3 is 44.2 Å². The van der Waals surface area contributed by atoms with E-state index in [4.69, 9.17) is 23.7 Å². The van der Waals surface area contributed by atoms with E-state index in [-0.39, 0.29) is 11.5 Å². The lowest BCUT2D eigenvalue weighted by molar-refractivity contribution is -0.279. The number of ether oxygens (including phenoxy) is 3. The third-order valence-corrected chi connectivity index (χ3v) is 4.38. The van der Waals surface area contributed by atoms with Gasteiger partial charge in [-0.1, -0.05) is 0 Å². The maximum Gasteiger partial charge on any atom is 0.308 e. The van der Waals surface area contributed by atoms with E-state index in [9.17, 15) is 34.8 Å². The van der Waals surface area contributed by atoms with Crippen LogP contribution in [0, 0.1) is 6.92 Å². The fraction of sp³-hybridized carbons (Fsp3) is 0.611. The minimum atomic E-state index is -1.85. The fourth-order valence-corrected chi connectivity index (χ4v) is 2.83. The first kappa shape index (κ1) is 23.8. The minimum Gasteiger partial charge on any atom is -0.481 e. The van der Waals surface area contributed by atoms with Gasteiger partial charge in [0.15, 0.2) is 0 Å². The molecule has 168 valence electrons. The Hall–Kier alpha value is -2.51. The van der Waals surface area contributed by atoms with Gasteiger partial charge >= 0.3 is 11.9 Å². The second-order valence-corrected chi connectivity index (χ2v) is 7.23. The maximum atomic E-state index is 11.9. The van der Waals surface area contributed by atoms with Gasteiger partial charge in [-0.3, -0.25) is 14.4 Å². The first-order chi connectivity index (χ1) is 13.9. The van der Waals surface area contributed by atoms with E-state index < -0.39 is 73.1 Å². The van der Waals surface area contributed by atoms with Crippen molar-refractivity contribution in [2.75, 3.05) is 6.61 Å². The molecule has 2 rings (SSSR count). The van der Waals surface area contributed by atoms with Crippen molar-refractivity contribution >= 4 is 11.9 Å². The van der Waals surface area contributed by atoms with Crippen molar-refractivity contribution in [1.82, 2.24) is 0 Å². The molecule has 1 aromatic heterocycles. The molecule has 1 fully saturated rings. The van der Waals surface area contributed by atoms with Crippen LogP contribution >= 0.6 is 0 Å². The Morgan fingerprint density at radius 1 is 1.17 bits per heavy atom. The second-order valence-electron chi connectivity index (χ2n) is 7.23. The van der Waals surface area contributed by atoms with E-state index in [1.807, 2.05) is 0 Å².